The van der Waals surface area contributed by atoms with Crippen molar-refractivity contribution < 1.29 is 13.2 Å². The van der Waals surface area contributed by atoms with E-state index >= 15 is 0 Å². The van der Waals surface area contributed by atoms with Crippen LogP contribution in [0.25, 0.3) is 0 Å². The van der Waals surface area contributed by atoms with Crippen LogP contribution in [0.15, 0.2) is 29.2 Å². The number of hydrogen-bond acceptors (Lipinski definition) is 4. The monoisotopic (exact) mass is 312 g/mol. The molecule has 5 nitrogen and oxygen atoms in total. The summed E-state index contributed by atoms with van der Waals surface area (Å²) in [5.41, 5.74) is 0.680. The van der Waals surface area contributed by atoms with E-state index in [9.17, 15) is 8.42 Å². The predicted octanol–water partition coefficient (Wildman–Crippen LogP) is 2.35. The van der Waals surface area contributed by atoms with E-state index < -0.39 is 10.0 Å². The largest absolute Gasteiger partial charge is 0.381 e. The minimum Gasteiger partial charge on any atom is -0.381 e. The van der Waals surface area contributed by atoms with Gasteiger partial charge in [-0.1, -0.05) is 19.1 Å². The van der Waals surface area contributed by atoms with Crippen molar-refractivity contribution >= 4 is 15.7 Å². The zero-order valence-corrected chi connectivity index (χ0v) is 13.4. The Balaban J connectivity index is 2.11. The van der Waals surface area contributed by atoms with Gasteiger partial charge in [0.2, 0.25) is 10.0 Å². The van der Waals surface area contributed by atoms with Crippen molar-refractivity contribution in [3.63, 3.8) is 0 Å². The second-order valence-electron chi connectivity index (χ2n) is 5.35. The highest BCUT2D eigenvalue weighted by Gasteiger charge is 2.23. The second-order valence-corrected chi connectivity index (χ2v) is 7.09. The molecule has 0 saturated heterocycles. The van der Waals surface area contributed by atoms with Crippen LogP contribution in [0.5, 0.6) is 0 Å². The van der Waals surface area contributed by atoms with Crippen LogP contribution < -0.4 is 10.0 Å². The Morgan fingerprint density at radius 1 is 1.19 bits per heavy atom. The molecule has 1 aromatic rings. The highest BCUT2D eigenvalue weighted by Crippen LogP contribution is 2.27. The first-order chi connectivity index (χ1) is 10.1. The van der Waals surface area contributed by atoms with E-state index in [1.807, 2.05) is 12.1 Å². The van der Waals surface area contributed by atoms with Crippen LogP contribution >= 0.6 is 0 Å². The van der Waals surface area contributed by atoms with E-state index in [4.69, 9.17) is 4.74 Å². The normalized spacial score (nSPS) is 23.0. The van der Waals surface area contributed by atoms with Gasteiger partial charge in [0, 0.05) is 19.7 Å². The fraction of sp³-hybridized carbons (Fsp3) is 0.600. The molecule has 0 heterocycles. The third-order valence-electron chi connectivity index (χ3n) is 3.88. The Kier molecular flexibility index (Phi) is 5.61. The molecule has 1 fully saturated rings. The van der Waals surface area contributed by atoms with Crippen LogP contribution in [-0.2, 0) is 14.8 Å². The fourth-order valence-electron chi connectivity index (χ4n) is 2.75. The van der Waals surface area contributed by atoms with Crippen molar-refractivity contribution in [1.29, 1.82) is 0 Å². The number of hydrogen-bond donors (Lipinski definition) is 2. The number of ether oxygens (including phenoxy) is 1. The Morgan fingerprint density at radius 3 is 2.48 bits per heavy atom. The lowest BCUT2D eigenvalue weighted by molar-refractivity contribution is 0.0681. The van der Waals surface area contributed by atoms with Crippen LogP contribution in [0.1, 0.15) is 32.6 Å². The zero-order valence-electron chi connectivity index (χ0n) is 12.6. The molecule has 0 spiro atoms. The molecule has 2 N–H and O–H groups in total. The summed E-state index contributed by atoms with van der Waals surface area (Å²) < 4.78 is 32.4. The molecule has 0 amide bonds. The van der Waals surface area contributed by atoms with Crippen LogP contribution in [0.2, 0.25) is 0 Å². The van der Waals surface area contributed by atoms with Crippen molar-refractivity contribution in [3.8, 4) is 0 Å². The van der Waals surface area contributed by atoms with Gasteiger partial charge in [-0.3, -0.25) is 0 Å². The minimum absolute atomic E-state index is 0.300. The van der Waals surface area contributed by atoms with E-state index in [1.165, 1.54) is 0 Å². The highest BCUT2D eigenvalue weighted by molar-refractivity contribution is 7.89. The van der Waals surface area contributed by atoms with Gasteiger partial charge in [0.1, 0.15) is 4.90 Å². The molecule has 21 heavy (non-hydrogen) atoms. The quantitative estimate of drug-likeness (QED) is 0.846. The van der Waals surface area contributed by atoms with Crippen molar-refractivity contribution in [2.24, 2.45) is 0 Å². The first-order valence-corrected chi connectivity index (χ1v) is 8.93. The summed E-state index contributed by atoms with van der Waals surface area (Å²) in [7, 11) is -1.70. The molecule has 0 atom stereocenters. The number of nitrogens with one attached hydrogen (secondary N) is 2. The molecule has 0 radical (unpaired) electrons. The molecule has 118 valence electrons. The number of methoxy groups -OCH3 is 1. The van der Waals surface area contributed by atoms with Gasteiger partial charge in [-0.05, 0) is 37.8 Å². The molecule has 1 aromatic carbocycles. The molecule has 1 saturated carbocycles. The number of para-hydroxylation sites is 1. The van der Waals surface area contributed by atoms with Gasteiger partial charge >= 0.3 is 0 Å². The summed E-state index contributed by atoms with van der Waals surface area (Å²) in [4.78, 5) is 0.320. The smallest absolute Gasteiger partial charge is 0.242 e. The lowest BCUT2D eigenvalue weighted by Crippen LogP contribution is -2.30. The van der Waals surface area contributed by atoms with Gasteiger partial charge in [0.15, 0.2) is 0 Å². The standard InChI is InChI=1S/C15H24N2O3S/c1-3-16-21(18,19)15-7-5-4-6-14(15)17-12-8-10-13(20-2)11-9-12/h4-7,12-13,16-17H,3,8-11H2,1-2H3. The van der Waals surface area contributed by atoms with E-state index in [-0.39, 0.29) is 0 Å². The van der Waals surface area contributed by atoms with Gasteiger partial charge in [-0.25, -0.2) is 13.1 Å². The highest BCUT2D eigenvalue weighted by atomic mass is 32.2. The van der Waals surface area contributed by atoms with E-state index in [1.54, 1.807) is 26.2 Å². The van der Waals surface area contributed by atoms with Crippen LogP contribution in [0.4, 0.5) is 5.69 Å². The average molecular weight is 312 g/mol. The molecule has 0 aliphatic heterocycles. The summed E-state index contributed by atoms with van der Waals surface area (Å²) >= 11 is 0. The van der Waals surface area contributed by atoms with Gasteiger partial charge in [0.05, 0.1) is 11.8 Å². The molecule has 6 heteroatoms. The van der Waals surface area contributed by atoms with Gasteiger partial charge in [0.25, 0.3) is 0 Å². The molecular formula is C15H24N2O3S. The summed E-state index contributed by atoms with van der Waals surface area (Å²) in [6.45, 7) is 2.16. The average Bonchev–Trinajstić information content (AvgIpc) is 2.48. The molecule has 1 aliphatic carbocycles. The molecule has 0 unspecified atom stereocenters. The summed E-state index contributed by atoms with van der Waals surface area (Å²) in [5, 5.41) is 3.38. The predicted molar refractivity (Wildman–Crippen MR) is 84.0 cm³/mol. The summed E-state index contributed by atoms with van der Waals surface area (Å²) in [6.07, 6.45) is 4.35. The van der Waals surface area contributed by atoms with Crippen molar-refractivity contribution in [2.45, 2.75) is 49.6 Å². The van der Waals surface area contributed by atoms with Crippen molar-refractivity contribution in [2.75, 3.05) is 19.0 Å². The maximum atomic E-state index is 12.2. The first kappa shape index (κ1) is 16.3. The van der Waals surface area contributed by atoms with E-state index in [2.05, 4.69) is 10.0 Å². The SMILES string of the molecule is CCNS(=O)(=O)c1ccccc1NC1CCC(OC)CC1. The van der Waals surface area contributed by atoms with E-state index in [0.29, 0.717) is 29.3 Å². The number of benzene rings is 1. The van der Waals surface area contributed by atoms with Crippen molar-refractivity contribution in [1.82, 2.24) is 4.72 Å². The maximum absolute atomic E-state index is 12.2. The van der Waals surface area contributed by atoms with Crippen LogP contribution in [-0.4, -0.2) is 34.2 Å². The van der Waals surface area contributed by atoms with Crippen LogP contribution in [0.3, 0.4) is 0 Å². The number of rotatable bonds is 6. The third-order valence-corrected chi connectivity index (χ3v) is 5.48. The topological polar surface area (TPSA) is 67.4 Å². The maximum Gasteiger partial charge on any atom is 0.242 e. The van der Waals surface area contributed by atoms with Gasteiger partial charge in [-0.2, -0.15) is 0 Å². The van der Waals surface area contributed by atoms with Gasteiger partial charge < -0.3 is 10.1 Å². The third kappa shape index (κ3) is 4.18. The number of sulfonamides is 1. The molecular weight excluding hydrogens is 288 g/mol. The molecule has 0 bridgehead atoms. The second kappa shape index (κ2) is 7.24. The zero-order chi connectivity index (χ0) is 15.3. The molecule has 2 rings (SSSR count). The lowest BCUT2D eigenvalue weighted by Gasteiger charge is -2.29. The lowest BCUT2D eigenvalue weighted by atomic mass is 9.93. The Morgan fingerprint density at radius 2 is 1.86 bits per heavy atom. The Hall–Kier alpha value is -1.11. The van der Waals surface area contributed by atoms with Crippen LogP contribution in [0, 0.1) is 0 Å². The van der Waals surface area contributed by atoms with E-state index in [0.717, 1.165) is 25.7 Å². The number of anilines is 1. The van der Waals surface area contributed by atoms with Crippen molar-refractivity contribution in [3.05, 3.63) is 24.3 Å². The summed E-state index contributed by atoms with van der Waals surface area (Å²) in [6, 6.07) is 7.37. The van der Waals surface area contributed by atoms with Gasteiger partial charge in [-0.15, -0.1) is 0 Å². The first-order valence-electron chi connectivity index (χ1n) is 7.45. The summed E-state index contributed by atoms with van der Waals surface area (Å²) in [5.74, 6) is 0. The Bertz CT molecular complexity index is 552. The minimum atomic E-state index is -3.44. The molecule has 1 aliphatic rings. The molecule has 0 aromatic heterocycles. The Labute approximate surface area is 127 Å². The fourth-order valence-corrected chi connectivity index (χ4v) is 3.96.